The molecule has 9 nitrogen and oxygen atoms in total. The van der Waals surface area contributed by atoms with Gasteiger partial charge in [-0.2, -0.15) is 13.2 Å². The Balaban J connectivity index is 1.86. The average molecular weight is 474 g/mol. The summed E-state index contributed by atoms with van der Waals surface area (Å²) in [5.41, 5.74) is -1.77. The highest BCUT2D eigenvalue weighted by atomic mass is 31.2. The molecule has 174 valence electrons. The van der Waals surface area contributed by atoms with Gasteiger partial charge in [0.2, 0.25) is 5.91 Å². The molecule has 32 heavy (non-hydrogen) atoms. The Hall–Kier alpha value is -2.56. The van der Waals surface area contributed by atoms with E-state index in [2.05, 4.69) is 15.3 Å². The van der Waals surface area contributed by atoms with Crippen LogP contribution in [-0.4, -0.2) is 30.2 Å². The molecule has 0 aliphatic heterocycles. The van der Waals surface area contributed by atoms with Gasteiger partial charge in [0, 0.05) is 12.3 Å². The lowest BCUT2D eigenvalue weighted by Crippen LogP contribution is -2.35. The number of aromatic nitrogens is 3. The Kier molecular flexibility index (Phi) is 7.16. The van der Waals surface area contributed by atoms with Crippen LogP contribution in [0.3, 0.4) is 0 Å². The summed E-state index contributed by atoms with van der Waals surface area (Å²) >= 11 is 0. The van der Waals surface area contributed by atoms with Gasteiger partial charge in [-0.1, -0.05) is 25.7 Å². The second-order valence-electron chi connectivity index (χ2n) is 7.77. The van der Waals surface area contributed by atoms with Crippen molar-refractivity contribution in [2.24, 2.45) is 5.92 Å². The number of alkyl halides is 3. The molecule has 1 fully saturated rings. The number of rotatable bonds is 7. The van der Waals surface area contributed by atoms with Crippen molar-refractivity contribution in [3.63, 3.8) is 0 Å². The number of nitrogens with one attached hydrogen (secondary N) is 1. The lowest BCUT2D eigenvalue weighted by atomic mass is 9.97. The quantitative estimate of drug-likeness (QED) is 0.525. The highest BCUT2D eigenvalue weighted by molar-refractivity contribution is 7.50. The minimum absolute atomic E-state index is 0.00735. The van der Waals surface area contributed by atoms with Crippen LogP contribution in [0.2, 0.25) is 0 Å². The normalized spacial score (nSPS) is 16.2. The van der Waals surface area contributed by atoms with Crippen LogP contribution >= 0.6 is 7.60 Å². The Morgan fingerprint density at radius 1 is 1.22 bits per heavy atom. The van der Waals surface area contributed by atoms with Gasteiger partial charge in [-0.3, -0.25) is 19.1 Å². The molecule has 1 aliphatic rings. The van der Waals surface area contributed by atoms with E-state index < -0.39 is 43.0 Å². The van der Waals surface area contributed by atoms with Crippen molar-refractivity contribution < 1.29 is 32.3 Å². The standard InChI is InChI=1S/C19H22F3N4O5P/c20-19(21,22)13-5-6-17(27)26(10-13)15(7-12-3-1-2-4-12)18(28)25-16-9-23-14(8-24-16)11-32(29,30)31/h5-6,8-10,12,15H,1-4,7,11H2,(H,24,25,28)(H2,29,30,31). The number of hydrogen-bond donors (Lipinski definition) is 3. The first-order valence-electron chi connectivity index (χ1n) is 9.88. The molecule has 1 amide bonds. The average Bonchev–Trinajstić information content (AvgIpc) is 3.19. The first kappa shape index (κ1) is 24.1. The van der Waals surface area contributed by atoms with Gasteiger partial charge in [-0.25, -0.2) is 4.98 Å². The van der Waals surface area contributed by atoms with Gasteiger partial charge < -0.3 is 19.7 Å². The van der Waals surface area contributed by atoms with E-state index in [4.69, 9.17) is 9.79 Å². The van der Waals surface area contributed by atoms with Crippen LogP contribution < -0.4 is 10.9 Å². The Morgan fingerprint density at radius 2 is 1.91 bits per heavy atom. The van der Waals surface area contributed by atoms with Crippen LogP contribution in [0.5, 0.6) is 0 Å². The van der Waals surface area contributed by atoms with Gasteiger partial charge in [-0.15, -0.1) is 0 Å². The summed E-state index contributed by atoms with van der Waals surface area (Å²) in [6, 6.07) is 0.271. The van der Waals surface area contributed by atoms with E-state index in [9.17, 15) is 27.3 Å². The third kappa shape index (κ3) is 6.47. The smallest absolute Gasteiger partial charge is 0.324 e. The molecule has 1 unspecified atom stereocenters. The Labute approximate surface area is 180 Å². The summed E-state index contributed by atoms with van der Waals surface area (Å²) in [5, 5.41) is 2.44. The van der Waals surface area contributed by atoms with Gasteiger partial charge in [-0.05, 0) is 18.4 Å². The molecule has 2 heterocycles. The van der Waals surface area contributed by atoms with Crippen molar-refractivity contribution in [3.8, 4) is 0 Å². The molecule has 1 atom stereocenters. The van der Waals surface area contributed by atoms with Crippen LogP contribution in [0.4, 0.5) is 19.0 Å². The lowest BCUT2D eigenvalue weighted by molar-refractivity contribution is -0.138. The molecule has 1 aliphatic carbocycles. The number of carbonyl (C=O) groups excluding carboxylic acids is 1. The highest BCUT2D eigenvalue weighted by Crippen LogP contribution is 2.38. The maximum Gasteiger partial charge on any atom is 0.417 e. The molecule has 2 aromatic heterocycles. The van der Waals surface area contributed by atoms with Crippen molar-refractivity contribution in [2.45, 2.75) is 50.5 Å². The third-order valence-corrected chi connectivity index (χ3v) is 6.00. The summed E-state index contributed by atoms with van der Waals surface area (Å²) in [5.74, 6) is -0.694. The van der Waals surface area contributed by atoms with Crippen molar-refractivity contribution in [2.75, 3.05) is 5.32 Å². The van der Waals surface area contributed by atoms with Crippen LogP contribution in [0.25, 0.3) is 0 Å². The van der Waals surface area contributed by atoms with Gasteiger partial charge in [0.25, 0.3) is 5.56 Å². The fourth-order valence-electron chi connectivity index (χ4n) is 3.75. The first-order chi connectivity index (χ1) is 14.9. The van der Waals surface area contributed by atoms with E-state index in [1.165, 1.54) is 0 Å². The molecule has 0 bridgehead atoms. The number of amides is 1. The fourth-order valence-corrected chi connectivity index (χ4v) is 4.33. The van der Waals surface area contributed by atoms with Crippen LogP contribution in [0.1, 0.15) is 49.4 Å². The third-order valence-electron chi connectivity index (χ3n) is 5.26. The number of carbonyl (C=O) groups is 1. The molecule has 3 N–H and O–H groups in total. The summed E-state index contributed by atoms with van der Waals surface area (Å²) in [6.45, 7) is 0. The van der Waals surface area contributed by atoms with Gasteiger partial charge >= 0.3 is 13.8 Å². The molecular weight excluding hydrogens is 452 g/mol. The van der Waals surface area contributed by atoms with Crippen LogP contribution in [0, 0.1) is 5.92 Å². The van der Waals surface area contributed by atoms with E-state index in [0.717, 1.165) is 48.7 Å². The van der Waals surface area contributed by atoms with Gasteiger partial charge in [0.05, 0.1) is 29.8 Å². The SMILES string of the molecule is O=C(Nc1cnc(CP(=O)(O)O)cn1)C(CC1CCCC1)n1cc(C(F)(F)F)ccc1=O. The largest absolute Gasteiger partial charge is 0.417 e. The zero-order valence-corrected chi connectivity index (χ0v) is 17.7. The molecule has 13 heteroatoms. The topological polar surface area (TPSA) is 134 Å². The zero-order valence-electron chi connectivity index (χ0n) is 16.8. The number of hydrogen-bond acceptors (Lipinski definition) is 5. The van der Waals surface area contributed by atoms with Crippen molar-refractivity contribution >= 4 is 19.3 Å². The summed E-state index contributed by atoms with van der Waals surface area (Å²) in [4.78, 5) is 51.0. The Morgan fingerprint density at radius 3 is 2.47 bits per heavy atom. The predicted molar refractivity (Wildman–Crippen MR) is 108 cm³/mol. The van der Waals surface area contributed by atoms with Gasteiger partial charge in [0.1, 0.15) is 6.04 Å². The second-order valence-corrected chi connectivity index (χ2v) is 9.41. The highest BCUT2D eigenvalue weighted by Gasteiger charge is 2.33. The van der Waals surface area contributed by atoms with E-state index in [-0.39, 0.29) is 23.9 Å². The molecule has 1 saturated carbocycles. The van der Waals surface area contributed by atoms with Gasteiger partial charge in [0.15, 0.2) is 5.82 Å². The minimum atomic E-state index is -4.68. The molecule has 0 spiro atoms. The summed E-state index contributed by atoms with van der Waals surface area (Å²) in [7, 11) is -4.35. The number of halogens is 3. The van der Waals surface area contributed by atoms with Crippen molar-refractivity contribution in [3.05, 3.63) is 52.3 Å². The molecular formula is C19H22F3N4O5P. The fraction of sp³-hybridized carbons (Fsp3) is 0.474. The van der Waals surface area contributed by atoms with Crippen LogP contribution in [0.15, 0.2) is 35.5 Å². The summed E-state index contributed by atoms with van der Waals surface area (Å²) in [6.07, 6.45) is 1.23. The predicted octanol–water partition coefficient (Wildman–Crippen LogP) is 3.09. The molecule has 0 aromatic carbocycles. The lowest BCUT2D eigenvalue weighted by Gasteiger charge is -2.23. The molecule has 0 saturated heterocycles. The molecule has 0 radical (unpaired) electrons. The minimum Gasteiger partial charge on any atom is -0.324 e. The van der Waals surface area contributed by atoms with E-state index in [1.54, 1.807) is 0 Å². The second kappa shape index (κ2) is 9.51. The maximum atomic E-state index is 13.2. The first-order valence-corrected chi connectivity index (χ1v) is 11.7. The molecule has 3 rings (SSSR count). The number of nitrogens with zero attached hydrogens (tertiary/aromatic N) is 3. The number of anilines is 1. The van der Waals surface area contributed by atoms with E-state index in [1.807, 2.05) is 0 Å². The maximum absolute atomic E-state index is 13.2. The Bertz CT molecular complexity index is 1060. The van der Waals surface area contributed by atoms with E-state index >= 15 is 0 Å². The number of pyridine rings is 1. The zero-order chi connectivity index (χ0) is 23.5. The van der Waals surface area contributed by atoms with Crippen LogP contribution in [-0.2, 0) is 21.7 Å². The van der Waals surface area contributed by atoms with Crippen molar-refractivity contribution in [1.29, 1.82) is 0 Å². The monoisotopic (exact) mass is 474 g/mol. The molecule has 2 aromatic rings. The van der Waals surface area contributed by atoms with E-state index in [0.29, 0.717) is 12.3 Å². The van der Waals surface area contributed by atoms with Crippen molar-refractivity contribution in [1.82, 2.24) is 14.5 Å². The summed E-state index contributed by atoms with van der Waals surface area (Å²) < 4.78 is 51.4.